The highest BCUT2D eigenvalue weighted by Gasteiger charge is 2.28. The fraction of sp³-hybridized carbons (Fsp3) is 0.192. The molecule has 0 aliphatic rings. The Morgan fingerprint density at radius 3 is 2.22 bits per heavy atom. The van der Waals surface area contributed by atoms with E-state index in [2.05, 4.69) is 40.7 Å². The van der Waals surface area contributed by atoms with Gasteiger partial charge in [0.2, 0.25) is 0 Å². The molecule has 0 saturated carbocycles. The minimum atomic E-state index is -0.258. The van der Waals surface area contributed by atoms with Crippen LogP contribution in [0.1, 0.15) is 32.0 Å². The summed E-state index contributed by atoms with van der Waals surface area (Å²) in [5.41, 5.74) is 6.62. The maximum atomic E-state index is 15.2. The van der Waals surface area contributed by atoms with Crippen LogP contribution in [0.15, 0.2) is 48.8 Å². The molecule has 0 fully saturated rings. The lowest BCUT2D eigenvalue weighted by atomic mass is 9.88. The topological polar surface area (TPSA) is 70.2 Å². The molecule has 0 bridgehead atoms. The van der Waals surface area contributed by atoms with Crippen LogP contribution >= 0.6 is 0 Å². The molecule has 2 N–H and O–H groups in total. The van der Waals surface area contributed by atoms with Crippen LogP contribution in [0.25, 0.3) is 55.1 Å². The van der Waals surface area contributed by atoms with Gasteiger partial charge in [-0.2, -0.15) is 0 Å². The zero-order chi connectivity index (χ0) is 22.2. The highest BCUT2D eigenvalue weighted by molar-refractivity contribution is 6.21. The molecule has 5 nitrogen and oxygen atoms in total. The van der Waals surface area contributed by atoms with Gasteiger partial charge in [-0.3, -0.25) is 9.97 Å². The molecule has 6 heteroatoms. The SMILES string of the molecule is Cc1ccc(F)c2c(-c3nc4c5cccnc5c5ncccc5c4[nH]3)c(C(C)(C)C)[nH]c12. The van der Waals surface area contributed by atoms with Crippen molar-refractivity contribution in [3.05, 3.63) is 65.9 Å². The van der Waals surface area contributed by atoms with Crippen LogP contribution in [0.2, 0.25) is 0 Å². The molecular formula is C26H22FN5. The van der Waals surface area contributed by atoms with Crippen molar-refractivity contribution in [2.24, 2.45) is 0 Å². The van der Waals surface area contributed by atoms with Gasteiger partial charge in [0.25, 0.3) is 0 Å². The monoisotopic (exact) mass is 423 g/mol. The first kappa shape index (κ1) is 18.9. The molecule has 32 heavy (non-hydrogen) atoms. The standard InChI is InChI=1S/C26H22FN5/c1-13-9-10-16(27)17-18(24(26(2,3)4)30-19(13)17)25-31-22-14-7-5-11-28-20(14)21-15(23(22)32-25)8-6-12-29-21/h5-12,30H,1-4H3,(H,31,32). The van der Waals surface area contributed by atoms with Crippen molar-refractivity contribution in [2.45, 2.75) is 33.1 Å². The number of fused-ring (bicyclic) bond motifs is 7. The molecule has 2 aromatic carbocycles. The minimum absolute atomic E-state index is 0.237. The Hall–Kier alpha value is -3.80. The lowest BCUT2D eigenvalue weighted by Gasteiger charge is -2.18. The van der Waals surface area contributed by atoms with E-state index in [9.17, 15) is 0 Å². The highest BCUT2D eigenvalue weighted by Crippen LogP contribution is 2.41. The van der Waals surface area contributed by atoms with Gasteiger partial charge >= 0.3 is 0 Å². The van der Waals surface area contributed by atoms with Gasteiger partial charge in [-0.1, -0.05) is 26.8 Å². The summed E-state index contributed by atoms with van der Waals surface area (Å²) in [5, 5.41) is 2.44. The average Bonchev–Trinajstić information content (AvgIpc) is 3.39. The number of nitrogens with one attached hydrogen (secondary N) is 2. The number of benzene rings is 2. The van der Waals surface area contributed by atoms with Crippen molar-refractivity contribution in [2.75, 3.05) is 0 Å². The summed E-state index contributed by atoms with van der Waals surface area (Å²) in [7, 11) is 0. The quantitative estimate of drug-likeness (QED) is 0.295. The first-order valence-corrected chi connectivity index (χ1v) is 10.7. The third-order valence-corrected chi connectivity index (χ3v) is 6.17. The molecule has 0 spiro atoms. The average molecular weight is 423 g/mol. The molecule has 4 aromatic heterocycles. The zero-order valence-electron chi connectivity index (χ0n) is 18.3. The fourth-order valence-electron chi connectivity index (χ4n) is 4.66. The Kier molecular flexibility index (Phi) is 3.76. The van der Waals surface area contributed by atoms with E-state index >= 15 is 4.39 Å². The molecule has 4 heterocycles. The van der Waals surface area contributed by atoms with Gasteiger partial charge in [-0.15, -0.1) is 0 Å². The molecule has 0 aliphatic heterocycles. The summed E-state index contributed by atoms with van der Waals surface area (Å²) < 4.78 is 15.2. The van der Waals surface area contributed by atoms with Crippen molar-refractivity contribution >= 4 is 43.7 Å². The van der Waals surface area contributed by atoms with Crippen LogP contribution in [0.5, 0.6) is 0 Å². The normalized spacial score (nSPS) is 12.5. The van der Waals surface area contributed by atoms with Gasteiger partial charge in [0.1, 0.15) is 11.6 Å². The fourth-order valence-corrected chi connectivity index (χ4v) is 4.66. The zero-order valence-corrected chi connectivity index (χ0v) is 18.3. The summed E-state index contributed by atoms with van der Waals surface area (Å²) >= 11 is 0. The molecule has 0 atom stereocenters. The van der Waals surface area contributed by atoms with Crippen LogP contribution in [-0.2, 0) is 5.41 Å². The molecule has 6 aromatic rings. The van der Waals surface area contributed by atoms with Crippen LogP contribution in [0.3, 0.4) is 0 Å². The second kappa shape index (κ2) is 6.36. The number of aryl methyl sites for hydroxylation is 1. The van der Waals surface area contributed by atoms with Gasteiger partial charge < -0.3 is 9.97 Å². The summed E-state index contributed by atoms with van der Waals surface area (Å²) in [6.45, 7) is 8.35. The van der Waals surface area contributed by atoms with Crippen molar-refractivity contribution in [3.8, 4) is 11.4 Å². The van der Waals surface area contributed by atoms with Gasteiger partial charge in [0, 0.05) is 45.2 Å². The van der Waals surface area contributed by atoms with Crippen molar-refractivity contribution in [1.29, 1.82) is 0 Å². The predicted octanol–water partition coefficient (Wildman–Crippen LogP) is 6.55. The maximum Gasteiger partial charge on any atom is 0.141 e. The second-order valence-corrected chi connectivity index (χ2v) is 9.35. The first-order chi connectivity index (χ1) is 15.3. The van der Waals surface area contributed by atoms with Crippen molar-refractivity contribution < 1.29 is 4.39 Å². The summed E-state index contributed by atoms with van der Waals surface area (Å²) in [4.78, 5) is 21.2. The van der Waals surface area contributed by atoms with E-state index in [1.165, 1.54) is 6.07 Å². The number of H-pyrrole nitrogens is 2. The number of imidazole rings is 1. The third-order valence-electron chi connectivity index (χ3n) is 6.17. The van der Waals surface area contributed by atoms with E-state index < -0.39 is 0 Å². The Morgan fingerprint density at radius 2 is 1.50 bits per heavy atom. The lowest BCUT2D eigenvalue weighted by molar-refractivity contribution is 0.575. The van der Waals surface area contributed by atoms with Crippen LogP contribution in [0.4, 0.5) is 4.39 Å². The minimum Gasteiger partial charge on any atom is -0.357 e. The Balaban J connectivity index is 1.81. The third kappa shape index (κ3) is 2.52. The van der Waals surface area contributed by atoms with Crippen LogP contribution in [-0.4, -0.2) is 24.9 Å². The summed E-state index contributed by atoms with van der Waals surface area (Å²) in [6, 6.07) is 11.2. The number of aromatic nitrogens is 5. The van der Waals surface area contributed by atoms with Crippen LogP contribution in [0, 0.1) is 12.7 Å². The van der Waals surface area contributed by atoms with E-state index in [-0.39, 0.29) is 11.2 Å². The molecule has 6 rings (SSSR count). The Labute approximate surface area is 183 Å². The predicted molar refractivity (Wildman–Crippen MR) is 127 cm³/mol. The Bertz CT molecular complexity index is 1610. The van der Waals surface area contributed by atoms with E-state index in [1.54, 1.807) is 18.5 Å². The van der Waals surface area contributed by atoms with E-state index in [1.807, 2.05) is 31.2 Å². The molecule has 0 radical (unpaired) electrons. The molecule has 0 aliphatic carbocycles. The lowest BCUT2D eigenvalue weighted by Crippen LogP contribution is -2.13. The second-order valence-electron chi connectivity index (χ2n) is 9.35. The molecule has 0 unspecified atom stereocenters. The smallest absolute Gasteiger partial charge is 0.141 e. The van der Waals surface area contributed by atoms with E-state index in [0.29, 0.717) is 11.2 Å². The number of hydrogen-bond acceptors (Lipinski definition) is 3. The number of aromatic amines is 2. The number of halogens is 1. The van der Waals surface area contributed by atoms with Crippen molar-refractivity contribution in [3.63, 3.8) is 0 Å². The number of nitrogens with zero attached hydrogens (tertiary/aromatic N) is 3. The van der Waals surface area contributed by atoms with Gasteiger partial charge in [-0.25, -0.2) is 9.37 Å². The summed E-state index contributed by atoms with van der Waals surface area (Å²) in [6.07, 6.45) is 3.54. The molecule has 0 amide bonds. The first-order valence-electron chi connectivity index (χ1n) is 10.7. The largest absolute Gasteiger partial charge is 0.357 e. The molecular weight excluding hydrogens is 401 g/mol. The summed E-state index contributed by atoms with van der Waals surface area (Å²) in [5.74, 6) is 0.382. The Morgan fingerprint density at radius 1 is 0.812 bits per heavy atom. The number of rotatable bonds is 1. The molecule has 0 saturated heterocycles. The number of hydrogen-bond donors (Lipinski definition) is 2. The van der Waals surface area contributed by atoms with Crippen LogP contribution < -0.4 is 0 Å². The highest BCUT2D eigenvalue weighted by atomic mass is 19.1. The van der Waals surface area contributed by atoms with Gasteiger partial charge in [-0.05, 0) is 42.8 Å². The maximum absolute atomic E-state index is 15.2. The molecule has 158 valence electrons. The van der Waals surface area contributed by atoms with Gasteiger partial charge in [0.15, 0.2) is 0 Å². The number of pyridine rings is 2. The van der Waals surface area contributed by atoms with E-state index in [0.717, 1.165) is 55.2 Å². The van der Waals surface area contributed by atoms with E-state index in [4.69, 9.17) is 4.98 Å². The van der Waals surface area contributed by atoms with Gasteiger partial charge in [0.05, 0.1) is 27.6 Å². The van der Waals surface area contributed by atoms with Crippen molar-refractivity contribution in [1.82, 2.24) is 24.9 Å².